The van der Waals surface area contributed by atoms with E-state index in [4.69, 9.17) is 27.9 Å². The summed E-state index contributed by atoms with van der Waals surface area (Å²) in [4.78, 5) is 30.3. The van der Waals surface area contributed by atoms with Crippen molar-refractivity contribution in [3.8, 4) is 5.75 Å². The van der Waals surface area contributed by atoms with Gasteiger partial charge in [0.25, 0.3) is 5.91 Å². The Morgan fingerprint density at radius 2 is 1.51 bits per heavy atom. The first-order chi connectivity index (χ1) is 23.3. The van der Waals surface area contributed by atoms with Crippen LogP contribution in [0.25, 0.3) is 0 Å². The monoisotopic (exact) mass is 717 g/mol. The lowest BCUT2D eigenvalue weighted by Gasteiger charge is -2.41. The number of ether oxygens (including phenoxy) is 1. The zero-order chi connectivity index (χ0) is 35.3. The van der Waals surface area contributed by atoms with Gasteiger partial charge in [0, 0.05) is 28.2 Å². The van der Waals surface area contributed by atoms with E-state index in [0.29, 0.717) is 36.0 Å². The number of halogens is 5. The van der Waals surface area contributed by atoms with Crippen LogP contribution in [0.5, 0.6) is 5.75 Å². The number of carbonyl (C=O) groups is 2. The van der Waals surface area contributed by atoms with Gasteiger partial charge in [-0.1, -0.05) is 65.7 Å². The van der Waals surface area contributed by atoms with E-state index in [0.717, 1.165) is 28.8 Å². The number of hydrogen-bond acceptors (Lipinski definition) is 6. The van der Waals surface area contributed by atoms with Gasteiger partial charge in [0.15, 0.2) is 5.66 Å². The van der Waals surface area contributed by atoms with Crippen LogP contribution in [0.1, 0.15) is 61.0 Å². The van der Waals surface area contributed by atoms with Crippen LogP contribution in [0.4, 0.5) is 13.2 Å². The van der Waals surface area contributed by atoms with Crippen LogP contribution >= 0.6 is 23.2 Å². The molecule has 0 aliphatic carbocycles. The molecule has 4 N–H and O–H groups in total. The number of nitrogens with one attached hydrogen (secondary N) is 4. The van der Waals surface area contributed by atoms with Crippen molar-refractivity contribution in [3.05, 3.63) is 111 Å². The first-order valence-electron chi connectivity index (χ1n) is 16.2. The quantitative estimate of drug-likeness (QED) is 0.169. The van der Waals surface area contributed by atoms with Crippen molar-refractivity contribution in [1.82, 2.24) is 26.2 Å². The largest absolute Gasteiger partial charge is 0.493 e. The zero-order valence-corrected chi connectivity index (χ0v) is 28.8. The van der Waals surface area contributed by atoms with Gasteiger partial charge < -0.3 is 20.3 Å². The number of nitrogens with zero attached hydrogens (tertiary/aromatic N) is 1. The maximum absolute atomic E-state index is 15.4. The molecule has 262 valence electrons. The number of rotatable bonds is 11. The lowest BCUT2D eigenvalue weighted by atomic mass is 9.93. The van der Waals surface area contributed by atoms with Crippen molar-refractivity contribution in [2.24, 2.45) is 0 Å². The van der Waals surface area contributed by atoms with Gasteiger partial charge in [0.05, 0.1) is 30.8 Å². The van der Waals surface area contributed by atoms with Crippen LogP contribution in [-0.4, -0.2) is 55.5 Å². The summed E-state index contributed by atoms with van der Waals surface area (Å²) in [5.74, 6) is -1.03. The van der Waals surface area contributed by atoms with Gasteiger partial charge in [-0.2, -0.15) is 13.2 Å². The summed E-state index contributed by atoms with van der Waals surface area (Å²) in [5, 5.41) is 14.2. The van der Waals surface area contributed by atoms with Crippen molar-refractivity contribution in [1.29, 1.82) is 0 Å². The Labute approximate surface area is 294 Å². The molecule has 2 atom stereocenters. The van der Waals surface area contributed by atoms with Crippen LogP contribution in [-0.2, 0) is 21.4 Å². The van der Waals surface area contributed by atoms with E-state index in [2.05, 4.69) is 27.8 Å². The van der Waals surface area contributed by atoms with Gasteiger partial charge in [-0.15, -0.1) is 0 Å². The van der Waals surface area contributed by atoms with E-state index >= 15 is 4.79 Å². The number of amides is 2. The topological polar surface area (TPSA) is 94.7 Å². The molecule has 8 nitrogen and oxygen atoms in total. The minimum Gasteiger partial charge on any atom is -0.493 e. The van der Waals surface area contributed by atoms with Crippen molar-refractivity contribution >= 4 is 35.0 Å². The standard InChI is InChI=1S/C36H40Cl2F3N5O3/c1-4-49-30-19-25(36(39,40)41)9-14-29(30)35(34(48)46(28-15-17-42-18-16-28)21-31(47)43-20-22(2)3)44-32(23-5-10-26(37)11-6-23)33(45-35)24-7-12-27(38)13-8-24/h5-14,19,28,32-33,42,44-45H,2,4,15-18,20-21H2,1,3H3,(H,43,47). The second kappa shape index (κ2) is 15.5. The molecule has 0 radical (unpaired) electrons. The molecule has 3 aromatic carbocycles. The Bertz CT molecular complexity index is 1590. The molecular weight excluding hydrogens is 678 g/mol. The van der Waals surface area contributed by atoms with Crippen LogP contribution < -0.4 is 26.0 Å². The summed E-state index contributed by atoms with van der Waals surface area (Å²) in [6, 6.07) is 15.9. The van der Waals surface area contributed by atoms with Crippen LogP contribution in [0.2, 0.25) is 10.0 Å². The average Bonchev–Trinajstić information content (AvgIpc) is 3.48. The van der Waals surface area contributed by atoms with Gasteiger partial charge in [0.2, 0.25) is 5.91 Å². The number of hydrogen-bond donors (Lipinski definition) is 4. The lowest BCUT2D eigenvalue weighted by Crippen LogP contribution is -2.63. The molecule has 2 heterocycles. The molecule has 2 unspecified atom stereocenters. The van der Waals surface area contributed by atoms with Gasteiger partial charge in [-0.05, 0) is 87.3 Å². The maximum atomic E-state index is 15.4. The highest BCUT2D eigenvalue weighted by Crippen LogP contribution is 2.46. The Morgan fingerprint density at radius 1 is 0.959 bits per heavy atom. The fourth-order valence-corrected chi connectivity index (χ4v) is 6.66. The predicted molar refractivity (Wildman–Crippen MR) is 184 cm³/mol. The molecule has 2 aliphatic rings. The summed E-state index contributed by atoms with van der Waals surface area (Å²) >= 11 is 12.5. The molecule has 2 amide bonds. The molecule has 0 saturated carbocycles. The Balaban J connectivity index is 1.71. The maximum Gasteiger partial charge on any atom is 0.416 e. The molecule has 0 bridgehead atoms. The first-order valence-corrected chi connectivity index (χ1v) is 16.9. The summed E-state index contributed by atoms with van der Waals surface area (Å²) in [6.07, 6.45) is -3.51. The number of carbonyl (C=O) groups excluding carboxylic acids is 2. The molecule has 2 saturated heterocycles. The highest BCUT2D eigenvalue weighted by atomic mass is 35.5. The Kier molecular flexibility index (Phi) is 11.6. The molecule has 0 aromatic heterocycles. The van der Waals surface area contributed by atoms with Crippen molar-refractivity contribution < 1.29 is 27.5 Å². The minimum atomic E-state index is -4.65. The fraction of sp³-hybridized carbons (Fsp3) is 0.389. The molecule has 13 heteroatoms. The van der Waals surface area contributed by atoms with Crippen molar-refractivity contribution in [3.63, 3.8) is 0 Å². The summed E-state index contributed by atoms with van der Waals surface area (Å²) < 4.78 is 47.9. The van der Waals surface area contributed by atoms with Crippen molar-refractivity contribution in [2.75, 3.05) is 32.8 Å². The average molecular weight is 719 g/mol. The van der Waals surface area contributed by atoms with Crippen molar-refractivity contribution in [2.45, 2.75) is 56.7 Å². The summed E-state index contributed by atoms with van der Waals surface area (Å²) in [7, 11) is 0. The zero-order valence-electron chi connectivity index (χ0n) is 27.3. The Hall–Kier alpha value is -3.61. The third kappa shape index (κ3) is 8.41. The molecule has 5 rings (SSSR count). The van der Waals surface area contributed by atoms with E-state index in [-0.39, 0.29) is 43.0 Å². The molecule has 2 aliphatic heterocycles. The number of alkyl halides is 3. The molecular formula is C36H40Cl2F3N5O3. The molecule has 0 spiro atoms. The van der Waals surface area contributed by atoms with Gasteiger partial charge in [-0.3, -0.25) is 20.2 Å². The smallest absolute Gasteiger partial charge is 0.416 e. The predicted octanol–water partition coefficient (Wildman–Crippen LogP) is 6.51. The van der Waals surface area contributed by atoms with Crippen LogP contribution in [0.3, 0.4) is 0 Å². The lowest BCUT2D eigenvalue weighted by molar-refractivity contribution is -0.146. The highest BCUT2D eigenvalue weighted by molar-refractivity contribution is 6.30. The third-order valence-electron chi connectivity index (χ3n) is 8.78. The van der Waals surface area contributed by atoms with Gasteiger partial charge >= 0.3 is 6.18 Å². The Morgan fingerprint density at radius 3 is 2.00 bits per heavy atom. The minimum absolute atomic E-state index is 0.0428. The van der Waals surface area contributed by atoms with E-state index in [1.165, 1.54) is 11.0 Å². The molecule has 49 heavy (non-hydrogen) atoms. The van der Waals surface area contributed by atoms with E-state index in [9.17, 15) is 18.0 Å². The van der Waals surface area contributed by atoms with E-state index in [1.807, 2.05) is 24.3 Å². The normalized spacial score (nSPS) is 21.3. The van der Waals surface area contributed by atoms with E-state index in [1.54, 1.807) is 38.1 Å². The number of piperidine rings is 1. The van der Waals surface area contributed by atoms with Gasteiger partial charge in [0.1, 0.15) is 5.75 Å². The fourth-order valence-electron chi connectivity index (χ4n) is 6.40. The number of benzene rings is 3. The van der Waals surface area contributed by atoms with E-state index < -0.39 is 35.4 Å². The SMILES string of the molecule is C=C(C)CNC(=O)CN(C(=O)C1(c2ccc(C(F)(F)F)cc2OCC)NC(c2ccc(Cl)cc2)C(c2ccc(Cl)cc2)N1)C1CCNCC1. The third-order valence-corrected chi connectivity index (χ3v) is 9.28. The highest BCUT2D eigenvalue weighted by Gasteiger charge is 2.55. The first kappa shape index (κ1) is 36.7. The van der Waals surface area contributed by atoms with Crippen LogP contribution in [0, 0.1) is 0 Å². The molecule has 2 fully saturated rings. The summed E-state index contributed by atoms with van der Waals surface area (Å²) in [5.41, 5.74) is -0.329. The summed E-state index contributed by atoms with van der Waals surface area (Å²) in [6.45, 7) is 8.55. The van der Waals surface area contributed by atoms with Crippen LogP contribution in [0.15, 0.2) is 78.9 Å². The second-order valence-corrected chi connectivity index (χ2v) is 13.3. The molecule has 3 aromatic rings. The van der Waals surface area contributed by atoms with Gasteiger partial charge in [-0.25, -0.2) is 0 Å². The second-order valence-electron chi connectivity index (χ2n) is 12.4.